The molecule has 0 radical (unpaired) electrons. The zero-order valence-electron chi connectivity index (χ0n) is 12.7. The van der Waals surface area contributed by atoms with Crippen LogP contribution >= 0.6 is 0 Å². The van der Waals surface area contributed by atoms with E-state index in [1.54, 1.807) is 7.11 Å². The highest BCUT2D eigenvalue weighted by Crippen LogP contribution is 2.27. The average molecular weight is 282 g/mol. The first-order chi connectivity index (χ1) is 10.3. The van der Waals surface area contributed by atoms with Crippen molar-refractivity contribution in [3.05, 3.63) is 59.2 Å². The summed E-state index contributed by atoms with van der Waals surface area (Å²) < 4.78 is 5.52. The SMILES string of the molecule is COc1ccc(C)cc1CN1CCNCc2ccccc21. The van der Waals surface area contributed by atoms with Gasteiger partial charge in [0.25, 0.3) is 0 Å². The maximum atomic E-state index is 5.52. The van der Waals surface area contributed by atoms with Crippen molar-refractivity contribution in [2.75, 3.05) is 25.1 Å². The van der Waals surface area contributed by atoms with Crippen molar-refractivity contribution < 1.29 is 4.74 Å². The van der Waals surface area contributed by atoms with Crippen molar-refractivity contribution in [3.8, 4) is 5.75 Å². The van der Waals surface area contributed by atoms with Crippen LogP contribution in [0.5, 0.6) is 5.75 Å². The summed E-state index contributed by atoms with van der Waals surface area (Å²) in [4.78, 5) is 2.44. The van der Waals surface area contributed by atoms with E-state index >= 15 is 0 Å². The molecule has 0 spiro atoms. The van der Waals surface area contributed by atoms with Gasteiger partial charge in [-0.15, -0.1) is 0 Å². The van der Waals surface area contributed by atoms with Gasteiger partial charge in [-0.1, -0.05) is 35.9 Å². The van der Waals surface area contributed by atoms with Crippen LogP contribution in [0.25, 0.3) is 0 Å². The molecule has 1 heterocycles. The summed E-state index contributed by atoms with van der Waals surface area (Å²) in [6.07, 6.45) is 0. The number of rotatable bonds is 3. The van der Waals surface area contributed by atoms with E-state index in [0.29, 0.717) is 0 Å². The first-order valence-electron chi connectivity index (χ1n) is 7.45. The fraction of sp³-hybridized carbons (Fsp3) is 0.333. The molecule has 2 aromatic rings. The first-order valence-corrected chi connectivity index (χ1v) is 7.45. The molecule has 1 aliphatic rings. The Hall–Kier alpha value is -2.00. The number of hydrogen-bond donors (Lipinski definition) is 1. The second kappa shape index (κ2) is 6.19. The molecule has 0 amide bonds. The Morgan fingerprint density at radius 1 is 1.19 bits per heavy atom. The third-order valence-electron chi connectivity index (χ3n) is 4.00. The summed E-state index contributed by atoms with van der Waals surface area (Å²) >= 11 is 0. The van der Waals surface area contributed by atoms with Gasteiger partial charge in [0.2, 0.25) is 0 Å². The van der Waals surface area contributed by atoms with Crippen molar-refractivity contribution in [1.29, 1.82) is 0 Å². The lowest BCUT2D eigenvalue weighted by atomic mass is 10.1. The van der Waals surface area contributed by atoms with Crippen LogP contribution in [0.1, 0.15) is 16.7 Å². The minimum absolute atomic E-state index is 0.879. The van der Waals surface area contributed by atoms with Crippen LogP contribution in [0.4, 0.5) is 5.69 Å². The number of nitrogens with zero attached hydrogens (tertiary/aromatic N) is 1. The van der Waals surface area contributed by atoms with Crippen LogP contribution < -0.4 is 15.0 Å². The lowest BCUT2D eigenvalue weighted by molar-refractivity contribution is 0.409. The Labute approximate surface area is 126 Å². The molecule has 0 saturated carbocycles. The Morgan fingerprint density at radius 2 is 2.05 bits per heavy atom. The molecule has 1 N–H and O–H groups in total. The highest BCUT2D eigenvalue weighted by atomic mass is 16.5. The largest absolute Gasteiger partial charge is 0.496 e. The first kappa shape index (κ1) is 14.0. The maximum Gasteiger partial charge on any atom is 0.123 e. The summed E-state index contributed by atoms with van der Waals surface area (Å²) in [5, 5.41) is 3.49. The van der Waals surface area contributed by atoms with Gasteiger partial charge in [0.1, 0.15) is 5.75 Å². The molecule has 110 valence electrons. The molecule has 1 aliphatic heterocycles. The number of para-hydroxylation sites is 1. The van der Waals surface area contributed by atoms with E-state index in [1.807, 2.05) is 0 Å². The number of nitrogens with one attached hydrogen (secondary N) is 1. The van der Waals surface area contributed by atoms with Crippen molar-refractivity contribution in [1.82, 2.24) is 5.32 Å². The van der Waals surface area contributed by atoms with Crippen molar-refractivity contribution >= 4 is 5.69 Å². The van der Waals surface area contributed by atoms with Crippen LogP contribution in [0.2, 0.25) is 0 Å². The summed E-state index contributed by atoms with van der Waals surface area (Å²) in [5.74, 6) is 0.968. The van der Waals surface area contributed by atoms with Crippen LogP contribution in [0.15, 0.2) is 42.5 Å². The number of hydrogen-bond acceptors (Lipinski definition) is 3. The number of methoxy groups -OCH3 is 1. The van der Waals surface area contributed by atoms with Gasteiger partial charge in [0, 0.05) is 37.4 Å². The molecule has 0 unspecified atom stereocenters. The Balaban J connectivity index is 1.93. The average Bonchev–Trinajstić information content (AvgIpc) is 2.70. The van der Waals surface area contributed by atoms with Gasteiger partial charge in [0.15, 0.2) is 0 Å². The number of benzene rings is 2. The maximum absolute atomic E-state index is 5.52. The van der Waals surface area contributed by atoms with Crippen LogP contribution in [0.3, 0.4) is 0 Å². The lowest BCUT2D eigenvalue weighted by Gasteiger charge is -2.25. The summed E-state index contributed by atoms with van der Waals surface area (Å²) in [6.45, 7) is 5.96. The van der Waals surface area contributed by atoms with Gasteiger partial charge in [0.05, 0.1) is 7.11 Å². The molecule has 0 atom stereocenters. The standard InChI is InChI=1S/C18H22N2O/c1-14-7-8-18(21-2)16(11-14)13-20-10-9-19-12-15-5-3-4-6-17(15)20/h3-8,11,19H,9-10,12-13H2,1-2H3. The molecule has 2 aromatic carbocycles. The molecule has 0 fully saturated rings. The van der Waals surface area contributed by atoms with Gasteiger partial charge in [-0.05, 0) is 24.6 Å². The zero-order chi connectivity index (χ0) is 14.7. The smallest absolute Gasteiger partial charge is 0.123 e. The second-order valence-electron chi connectivity index (χ2n) is 5.54. The third-order valence-corrected chi connectivity index (χ3v) is 4.00. The van der Waals surface area contributed by atoms with E-state index < -0.39 is 0 Å². The molecule has 3 heteroatoms. The molecule has 3 rings (SSSR count). The van der Waals surface area contributed by atoms with Crippen molar-refractivity contribution in [3.63, 3.8) is 0 Å². The Bertz CT molecular complexity index is 624. The quantitative estimate of drug-likeness (QED) is 0.936. The molecular weight excluding hydrogens is 260 g/mol. The molecule has 0 saturated heterocycles. The highest BCUT2D eigenvalue weighted by molar-refractivity contribution is 5.55. The van der Waals surface area contributed by atoms with Gasteiger partial charge in [-0.2, -0.15) is 0 Å². The summed E-state index contributed by atoms with van der Waals surface area (Å²) in [6, 6.07) is 15.0. The fourth-order valence-electron chi connectivity index (χ4n) is 2.93. The summed E-state index contributed by atoms with van der Waals surface area (Å²) in [5.41, 5.74) is 5.20. The van der Waals surface area contributed by atoms with Crippen molar-refractivity contribution in [2.45, 2.75) is 20.0 Å². The lowest BCUT2D eigenvalue weighted by Crippen LogP contribution is -2.28. The van der Waals surface area contributed by atoms with Crippen LogP contribution in [0, 0.1) is 6.92 Å². The summed E-state index contributed by atoms with van der Waals surface area (Å²) in [7, 11) is 1.74. The number of anilines is 1. The van der Waals surface area contributed by atoms with E-state index in [0.717, 1.165) is 31.9 Å². The Kier molecular flexibility index (Phi) is 4.11. The molecular formula is C18H22N2O. The third kappa shape index (κ3) is 3.03. The minimum Gasteiger partial charge on any atom is -0.496 e. The number of fused-ring (bicyclic) bond motifs is 1. The van der Waals surface area contributed by atoms with Gasteiger partial charge >= 0.3 is 0 Å². The predicted molar refractivity (Wildman–Crippen MR) is 86.9 cm³/mol. The molecule has 0 aliphatic carbocycles. The van der Waals surface area contributed by atoms with E-state index in [-0.39, 0.29) is 0 Å². The van der Waals surface area contributed by atoms with Crippen LogP contribution in [-0.4, -0.2) is 20.2 Å². The topological polar surface area (TPSA) is 24.5 Å². The zero-order valence-corrected chi connectivity index (χ0v) is 12.7. The van der Waals surface area contributed by atoms with Gasteiger partial charge in [-0.25, -0.2) is 0 Å². The Morgan fingerprint density at radius 3 is 2.90 bits per heavy atom. The van der Waals surface area contributed by atoms with E-state index in [1.165, 1.54) is 22.4 Å². The minimum atomic E-state index is 0.879. The molecule has 0 bridgehead atoms. The van der Waals surface area contributed by atoms with Gasteiger partial charge in [-0.3, -0.25) is 0 Å². The number of ether oxygens (including phenoxy) is 1. The van der Waals surface area contributed by atoms with Crippen LogP contribution in [-0.2, 0) is 13.1 Å². The predicted octanol–water partition coefficient (Wildman–Crippen LogP) is 3.11. The highest BCUT2D eigenvalue weighted by Gasteiger charge is 2.16. The van der Waals surface area contributed by atoms with E-state index in [4.69, 9.17) is 4.74 Å². The van der Waals surface area contributed by atoms with Crippen molar-refractivity contribution in [2.24, 2.45) is 0 Å². The second-order valence-corrected chi connectivity index (χ2v) is 5.54. The fourth-order valence-corrected chi connectivity index (χ4v) is 2.93. The van der Waals surface area contributed by atoms with E-state index in [2.05, 4.69) is 59.6 Å². The molecule has 3 nitrogen and oxygen atoms in total. The number of aryl methyl sites for hydroxylation is 1. The van der Waals surface area contributed by atoms with E-state index in [9.17, 15) is 0 Å². The van der Waals surface area contributed by atoms with Gasteiger partial charge < -0.3 is 15.0 Å². The molecule has 21 heavy (non-hydrogen) atoms. The molecule has 0 aromatic heterocycles. The monoisotopic (exact) mass is 282 g/mol. The normalized spacial score (nSPS) is 14.5.